The van der Waals surface area contributed by atoms with E-state index in [1.165, 1.54) is 17.8 Å². The van der Waals surface area contributed by atoms with E-state index in [-0.39, 0.29) is 0 Å². The van der Waals surface area contributed by atoms with E-state index in [0.717, 1.165) is 29.0 Å². The number of pyridine rings is 1. The molecule has 0 radical (unpaired) electrons. The summed E-state index contributed by atoms with van der Waals surface area (Å²) in [5.74, 6) is 1.00. The molecule has 0 bridgehead atoms. The third kappa shape index (κ3) is 4.22. The highest BCUT2D eigenvalue weighted by Crippen LogP contribution is 2.30. The number of oxazole rings is 1. The van der Waals surface area contributed by atoms with Crippen molar-refractivity contribution in [3.63, 3.8) is 0 Å². The van der Waals surface area contributed by atoms with Gasteiger partial charge in [-0.25, -0.2) is 9.97 Å². The molecule has 3 nitrogen and oxygen atoms in total. The second-order valence-corrected chi connectivity index (χ2v) is 6.63. The molecule has 0 unspecified atom stereocenters. The predicted octanol–water partition coefficient (Wildman–Crippen LogP) is 5.66. The Bertz CT molecular complexity index is 873. The lowest BCUT2D eigenvalue weighted by molar-refractivity contribution is -0.137. The number of nitrogens with zero attached hydrogens (tertiary/aromatic N) is 2. The molecular weight excluding hydrogens is 349 g/mol. The summed E-state index contributed by atoms with van der Waals surface area (Å²) in [5.41, 5.74) is 3.12. The van der Waals surface area contributed by atoms with Gasteiger partial charge < -0.3 is 4.42 Å². The Morgan fingerprint density at radius 3 is 2.56 bits per heavy atom. The van der Waals surface area contributed by atoms with Crippen molar-refractivity contribution in [3.8, 4) is 11.5 Å². The van der Waals surface area contributed by atoms with Crippen LogP contribution in [-0.4, -0.2) is 9.97 Å². The van der Waals surface area contributed by atoms with E-state index in [1.54, 1.807) is 6.26 Å². The lowest BCUT2D eigenvalue weighted by Crippen LogP contribution is -2.05. The lowest BCUT2D eigenvalue weighted by Gasteiger charge is -2.06. The fourth-order valence-corrected chi connectivity index (χ4v) is 3.05. The summed E-state index contributed by atoms with van der Waals surface area (Å²) in [6.45, 7) is 4.01. The smallest absolute Gasteiger partial charge is 0.417 e. The largest absolute Gasteiger partial charge is 0.444 e. The highest BCUT2D eigenvalue weighted by Gasteiger charge is 2.30. The van der Waals surface area contributed by atoms with Crippen molar-refractivity contribution >= 4 is 11.8 Å². The first kappa shape index (κ1) is 17.5. The molecule has 0 fully saturated rings. The van der Waals surface area contributed by atoms with Crippen molar-refractivity contribution in [1.82, 2.24) is 9.97 Å². The van der Waals surface area contributed by atoms with E-state index in [1.807, 2.05) is 26.0 Å². The number of aromatic nitrogens is 2. The third-order valence-electron chi connectivity index (χ3n) is 3.60. The van der Waals surface area contributed by atoms with Gasteiger partial charge in [-0.15, -0.1) is 0 Å². The maximum Gasteiger partial charge on any atom is 0.417 e. The molecule has 0 aliphatic rings. The number of hydrogen-bond donors (Lipinski definition) is 0. The summed E-state index contributed by atoms with van der Waals surface area (Å²) < 4.78 is 43.1. The molecule has 1 aromatic carbocycles. The van der Waals surface area contributed by atoms with Gasteiger partial charge in [0, 0.05) is 17.5 Å². The molecular formula is C18H15F3N2OS. The van der Waals surface area contributed by atoms with Crippen molar-refractivity contribution in [2.75, 3.05) is 0 Å². The van der Waals surface area contributed by atoms with Gasteiger partial charge in [0.05, 0.1) is 16.3 Å². The zero-order valence-corrected chi connectivity index (χ0v) is 14.4. The SMILES string of the molecule is Cc1ccc(-c2nc(CSc3ccc(C(F)(F)F)cn3)co2)c(C)c1. The van der Waals surface area contributed by atoms with Gasteiger partial charge in [0.25, 0.3) is 0 Å². The number of hydrogen-bond acceptors (Lipinski definition) is 4. The minimum atomic E-state index is -4.37. The first-order chi connectivity index (χ1) is 11.8. The van der Waals surface area contributed by atoms with Crippen LogP contribution in [0.3, 0.4) is 0 Å². The van der Waals surface area contributed by atoms with Crippen molar-refractivity contribution in [2.24, 2.45) is 0 Å². The standard InChI is InChI=1S/C18H15F3N2OS/c1-11-3-5-15(12(2)7-11)17-23-14(9-24-17)10-25-16-6-4-13(8-22-16)18(19,20)21/h3-9H,10H2,1-2H3. The Hall–Kier alpha value is -2.28. The van der Waals surface area contributed by atoms with Gasteiger partial charge >= 0.3 is 6.18 Å². The number of thioether (sulfide) groups is 1. The van der Waals surface area contributed by atoms with Crippen LogP contribution in [-0.2, 0) is 11.9 Å². The Labute approximate surface area is 147 Å². The van der Waals surface area contributed by atoms with Gasteiger partial charge in [0.1, 0.15) is 6.26 Å². The first-order valence-electron chi connectivity index (χ1n) is 7.51. The average molecular weight is 364 g/mol. The molecule has 2 heterocycles. The molecule has 0 N–H and O–H groups in total. The molecule has 2 aromatic heterocycles. The van der Waals surface area contributed by atoms with Gasteiger partial charge in [-0.1, -0.05) is 29.5 Å². The maximum atomic E-state index is 12.5. The summed E-state index contributed by atoms with van der Waals surface area (Å²) in [5, 5.41) is 0.504. The fourth-order valence-electron chi connectivity index (χ4n) is 2.33. The molecule has 0 spiro atoms. The normalized spacial score (nSPS) is 11.7. The van der Waals surface area contributed by atoms with E-state index < -0.39 is 11.7 Å². The predicted molar refractivity (Wildman–Crippen MR) is 90.2 cm³/mol. The van der Waals surface area contributed by atoms with Gasteiger partial charge in [-0.2, -0.15) is 13.2 Å². The van der Waals surface area contributed by atoms with Crippen LogP contribution in [0.2, 0.25) is 0 Å². The van der Waals surface area contributed by atoms with Crippen LogP contribution < -0.4 is 0 Å². The van der Waals surface area contributed by atoms with E-state index in [2.05, 4.69) is 16.0 Å². The van der Waals surface area contributed by atoms with Gasteiger partial charge in [-0.05, 0) is 37.6 Å². The number of rotatable bonds is 4. The Kier molecular flexibility index (Phi) is 4.85. The van der Waals surface area contributed by atoms with Crippen molar-refractivity contribution in [2.45, 2.75) is 30.8 Å². The van der Waals surface area contributed by atoms with Gasteiger partial charge in [0.2, 0.25) is 5.89 Å². The quantitative estimate of drug-likeness (QED) is 0.560. The summed E-state index contributed by atoms with van der Waals surface area (Å²) in [6, 6.07) is 8.40. The summed E-state index contributed by atoms with van der Waals surface area (Å²) in [7, 11) is 0. The van der Waals surface area contributed by atoms with Crippen LogP contribution in [0.25, 0.3) is 11.5 Å². The minimum absolute atomic E-state index is 0.465. The first-order valence-corrected chi connectivity index (χ1v) is 8.49. The molecule has 0 saturated heterocycles. The Morgan fingerprint density at radius 1 is 1.12 bits per heavy atom. The van der Waals surface area contributed by atoms with Crippen LogP contribution in [0.4, 0.5) is 13.2 Å². The van der Waals surface area contributed by atoms with Gasteiger partial charge in [0.15, 0.2) is 0 Å². The second kappa shape index (κ2) is 6.92. The topological polar surface area (TPSA) is 38.9 Å². The number of aryl methyl sites for hydroxylation is 2. The van der Waals surface area contributed by atoms with Crippen LogP contribution in [0, 0.1) is 13.8 Å². The highest BCUT2D eigenvalue weighted by molar-refractivity contribution is 7.98. The monoisotopic (exact) mass is 364 g/mol. The molecule has 3 rings (SSSR count). The molecule has 0 amide bonds. The molecule has 0 aliphatic carbocycles. The maximum absolute atomic E-state index is 12.5. The fraction of sp³-hybridized carbons (Fsp3) is 0.222. The van der Waals surface area contributed by atoms with E-state index in [0.29, 0.717) is 22.4 Å². The van der Waals surface area contributed by atoms with Crippen LogP contribution in [0.1, 0.15) is 22.4 Å². The van der Waals surface area contributed by atoms with Crippen molar-refractivity contribution in [3.05, 3.63) is 65.2 Å². The molecule has 0 saturated carbocycles. The van der Waals surface area contributed by atoms with E-state index in [4.69, 9.17) is 4.42 Å². The highest BCUT2D eigenvalue weighted by atomic mass is 32.2. The Morgan fingerprint density at radius 2 is 1.92 bits per heavy atom. The molecule has 7 heteroatoms. The molecule has 25 heavy (non-hydrogen) atoms. The van der Waals surface area contributed by atoms with Crippen molar-refractivity contribution in [1.29, 1.82) is 0 Å². The summed E-state index contributed by atoms with van der Waals surface area (Å²) >= 11 is 1.31. The average Bonchev–Trinajstić information content (AvgIpc) is 3.01. The zero-order valence-electron chi connectivity index (χ0n) is 13.6. The minimum Gasteiger partial charge on any atom is -0.444 e. The van der Waals surface area contributed by atoms with Crippen molar-refractivity contribution < 1.29 is 17.6 Å². The van der Waals surface area contributed by atoms with Gasteiger partial charge in [-0.3, -0.25) is 0 Å². The number of alkyl halides is 3. The second-order valence-electron chi connectivity index (χ2n) is 5.63. The molecule has 0 aliphatic heterocycles. The lowest BCUT2D eigenvalue weighted by atomic mass is 10.1. The molecule has 130 valence electrons. The summed E-state index contributed by atoms with van der Waals surface area (Å²) in [6.07, 6.45) is -1.97. The van der Waals surface area contributed by atoms with Crippen LogP contribution in [0.5, 0.6) is 0 Å². The molecule has 3 aromatic rings. The third-order valence-corrected chi connectivity index (χ3v) is 4.57. The number of benzene rings is 1. The summed E-state index contributed by atoms with van der Waals surface area (Å²) in [4.78, 5) is 8.28. The van der Waals surface area contributed by atoms with Crippen LogP contribution in [0.15, 0.2) is 52.2 Å². The van der Waals surface area contributed by atoms with Crippen LogP contribution >= 0.6 is 11.8 Å². The molecule has 0 atom stereocenters. The number of halogens is 3. The Balaban J connectivity index is 1.68. The van der Waals surface area contributed by atoms with E-state index in [9.17, 15) is 13.2 Å². The van der Waals surface area contributed by atoms with E-state index >= 15 is 0 Å². The zero-order chi connectivity index (χ0) is 18.0.